The van der Waals surface area contributed by atoms with Gasteiger partial charge in [-0.15, -0.1) is 0 Å². The Morgan fingerprint density at radius 1 is 0.581 bits per heavy atom. The summed E-state index contributed by atoms with van der Waals surface area (Å²) >= 11 is 0. The van der Waals surface area contributed by atoms with E-state index in [1.54, 1.807) is 6.08 Å². The van der Waals surface area contributed by atoms with E-state index in [0.29, 0.717) is 6.42 Å². The van der Waals surface area contributed by atoms with Crippen LogP contribution in [0.3, 0.4) is 0 Å². The van der Waals surface area contributed by atoms with Crippen LogP contribution in [0.2, 0.25) is 0 Å². The number of hydrogen-bond acceptors (Lipinski definition) is 3. The van der Waals surface area contributed by atoms with Crippen molar-refractivity contribution in [3.05, 3.63) is 72.9 Å². The van der Waals surface area contributed by atoms with Crippen molar-refractivity contribution in [2.75, 3.05) is 6.61 Å². The van der Waals surface area contributed by atoms with Crippen LogP contribution in [-0.4, -0.2) is 34.9 Å². The van der Waals surface area contributed by atoms with Gasteiger partial charge in [-0.25, -0.2) is 0 Å². The van der Waals surface area contributed by atoms with Crippen LogP contribution in [0.4, 0.5) is 0 Å². The van der Waals surface area contributed by atoms with Crippen LogP contribution in [0.25, 0.3) is 0 Å². The number of unbranched alkanes of at least 4 members (excludes halogenated alkanes) is 13. The number of nitrogens with one attached hydrogen (secondary N) is 1. The molecule has 0 heterocycles. The maximum absolute atomic E-state index is 12.3. The standard InChI is InChI=1S/C39H67NO3/c1-3-5-7-9-11-13-15-17-19-21-22-24-26-28-30-32-34-38(42)37(36-41)40-39(43)35-33-31-29-27-25-23-20-18-16-14-12-10-8-6-4-2/h6,8,12,14,17-20,24,26,32,34,37-38,41-42H,3-5,7,9-11,13,15-16,21-23,25,27-31,33,35-36H2,1-2H3,(H,40,43)/b8-6-,14-12-,19-17+,20-18-,26-24+,34-32+. The molecule has 0 saturated carbocycles. The Labute approximate surface area is 266 Å². The third kappa shape index (κ3) is 31.1. The zero-order chi connectivity index (χ0) is 31.5. The fraction of sp³-hybridized carbons (Fsp3) is 0.667. The van der Waals surface area contributed by atoms with Crippen molar-refractivity contribution in [3.63, 3.8) is 0 Å². The van der Waals surface area contributed by atoms with Crippen molar-refractivity contribution in [3.8, 4) is 0 Å². The molecule has 0 rings (SSSR count). The SMILES string of the molecule is CC/C=C\C/C=C\C/C=C\CCCCCCCC(=O)NC(CO)C(O)/C=C/CC/C=C/CC/C=C/CCCCCCCC. The second-order valence-electron chi connectivity index (χ2n) is 11.5. The van der Waals surface area contributed by atoms with E-state index in [2.05, 4.69) is 79.9 Å². The summed E-state index contributed by atoms with van der Waals surface area (Å²) in [6.07, 6.45) is 48.4. The minimum absolute atomic E-state index is 0.100. The average molecular weight is 598 g/mol. The summed E-state index contributed by atoms with van der Waals surface area (Å²) < 4.78 is 0. The van der Waals surface area contributed by atoms with Crippen molar-refractivity contribution >= 4 is 5.91 Å². The highest BCUT2D eigenvalue weighted by Gasteiger charge is 2.17. The summed E-state index contributed by atoms with van der Waals surface area (Å²) in [4.78, 5) is 12.3. The third-order valence-corrected chi connectivity index (χ3v) is 7.40. The van der Waals surface area contributed by atoms with Crippen LogP contribution >= 0.6 is 0 Å². The normalized spacial score (nSPS) is 14.0. The van der Waals surface area contributed by atoms with Crippen LogP contribution < -0.4 is 5.32 Å². The minimum Gasteiger partial charge on any atom is -0.394 e. The molecule has 0 spiro atoms. The first-order chi connectivity index (χ1) is 21.2. The van der Waals surface area contributed by atoms with Gasteiger partial charge in [0.1, 0.15) is 0 Å². The number of carbonyl (C=O) groups is 1. The lowest BCUT2D eigenvalue weighted by atomic mass is 10.1. The highest BCUT2D eigenvalue weighted by atomic mass is 16.3. The Morgan fingerprint density at radius 2 is 1.05 bits per heavy atom. The molecule has 2 unspecified atom stereocenters. The van der Waals surface area contributed by atoms with Gasteiger partial charge in [-0.3, -0.25) is 4.79 Å². The molecule has 0 radical (unpaired) electrons. The predicted molar refractivity (Wildman–Crippen MR) is 188 cm³/mol. The second-order valence-corrected chi connectivity index (χ2v) is 11.5. The molecule has 0 aromatic carbocycles. The molecule has 43 heavy (non-hydrogen) atoms. The Bertz CT molecular complexity index is 777. The van der Waals surface area contributed by atoms with E-state index in [-0.39, 0.29) is 12.5 Å². The highest BCUT2D eigenvalue weighted by molar-refractivity contribution is 5.76. The van der Waals surface area contributed by atoms with Crippen molar-refractivity contribution in [1.82, 2.24) is 5.32 Å². The Morgan fingerprint density at radius 3 is 1.63 bits per heavy atom. The van der Waals surface area contributed by atoms with Gasteiger partial charge in [0.25, 0.3) is 0 Å². The first-order valence-corrected chi connectivity index (χ1v) is 17.7. The van der Waals surface area contributed by atoms with Gasteiger partial charge in [-0.1, -0.05) is 138 Å². The molecule has 0 saturated heterocycles. The number of allylic oxidation sites excluding steroid dienone is 11. The first-order valence-electron chi connectivity index (χ1n) is 17.7. The number of hydrogen-bond donors (Lipinski definition) is 3. The topological polar surface area (TPSA) is 69.6 Å². The first kappa shape index (κ1) is 40.8. The summed E-state index contributed by atoms with van der Waals surface area (Å²) in [5, 5.41) is 22.8. The number of rotatable bonds is 30. The largest absolute Gasteiger partial charge is 0.394 e. The molecule has 246 valence electrons. The third-order valence-electron chi connectivity index (χ3n) is 7.40. The second kappa shape index (κ2) is 34.3. The van der Waals surface area contributed by atoms with Gasteiger partial charge < -0.3 is 15.5 Å². The summed E-state index contributed by atoms with van der Waals surface area (Å²) in [7, 11) is 0. The van der Waals surface area contributed by atoms with E-state index in [1.165, 1.54) is 57.8 Å². The van der Waals surface area contributed by atoms with Crippen LogP contribution in [-0.2, 0) is 4.79 Å². The van der Waals surface area contributed by atoms with Crippen LogP contribution in [0.1, 0.15) is 149 Å². The number of aliphatic hydroxyl groups is 2. The predicted octanol–water partition coefficient (Wildman–Crippen LogP) is 10.4. The highest BCUT2D eigenvalue weighted by Crippen LogP contribution is 2.10. The zero-order valence-electron chi connectivity index (χ0n) is 27.9. The van der Waals surface area contributed by atoms with Gasteiger partial charge in [0.2, 0.25) is 5.91 Å². The Kier molecular flexibility index (Phi) is 32.6. The summed E-state index contributed by atoms with van der Waals surface area (Å²) in [5.41, 5.74) is 0. The summed E-state index contributed by atoms with van der Waals surface area (Å²) in [5.74, 6) is -0.100. The molecule has 0 aromatic heterocycles. The van der Waals surface area contributed by atoms with E-state index in [0.717, 1.165) is 70.6 Å². The van der Waals surface area contributed by atoms with Gasteiger partial charge in [0, 0.05) is 6.42 Å². The molecular weight excluding hydrogens is 530 g/mol. The average Bonchev–Trinajstić information content (AvgIpc) is 3.01. The van der Waals surface area contributed by atoms with Crippen LogP contribution in [0.15, 0.2) is 72.9 Å². The quantitative estimate of drug-likeness (QED) is 0.0570. The van der Waals surface area contributed by atoms with Crippen molar-refractivity contribution in [2.24, 2.45) is 0 Å². The molecule has 0 aliphatic carbocycles. The number of carbonyl (C=O) groups excluding carboxylic acids is 1. The maximum Gasteiger partial charge on any atom is 0.220 e. The molecule has 1 amide bonds. The van der Waals surface area contributed by atoms with E-state index >= 15 is 0 Å². The number of aliphatic hydroxyl groups excluding tert-OH is 2. The van der Waals surface area contributed by atoms with Crippen molar-refractivity contribution in [2.45, 2.75) is 161 Å². The monoisotopic (exact) mass is 598 g/mol. The van der Waals surface area contributed by atoms with Gasteiger partial charge in [0.15, 0.2) is 0 Å². The van der Waals surface area contributed by atoms with E-state index in [9.17, 15) is 15.0 Å². The van der Waals surface area contributed by atoms with Gasteiger partial charge in [0.05, 0.1) is 18.8 Å². The molecule has 0 bridgehead atoms. The van der Waals surface area contributed by atoms with Crippen LogP contribution in [0, 0.1) is 0 Å². The van der Waals surface area contributed by atoms with Crippen molar-refractivity contribution < 1.29 is 15.0 Å². The smallest absolute Gasteiger partial charge is 0.220 e. The maximum atomic E-state index is 12.3. The summed E-state index contributed by atoms with van der Waals surface area (Å²) in [6.45, 7) is 4.13. The molecule has 0 aromatic rings. The van der Waals surface area contributed by atoms with Crippen molar-refractivity contribution in [1.29, 1.82) is 0 Å². The molecule has 0 aliphatic rings. The molecule has 0 fully saturated rings. The lowest BCUT2D eigenvalue weighted by Crippen LogP contribution is -2.45. The fourth-order valence-electron chi connectivity index (χ4n) is 4.69. The van der Waals surface area contributed by atoms with Gasteiger partial charge >= 0.3 is 0 Å². The molecule has 4 heteroatoms. The molecule has 3 N–H and O–H groups in total. The van der Waals surface area contributed by atoms with Gasteiger partial charge in [-0.05, 0) is 77.0 Å². The van der Waals surface area contributed by atoms with E-state index < -0.39 is 12.1 Å². The fourth-order valence-corrected chi connectivity index (χ4v) is 4.69. The number of amides is 1. The molecule has 4 nitrogen and oxygen atoms in total. The van der Waals surface area contributed by atoms with E-state index in [4.69, 9.17) is 0 Å². The minimum atomic E-state index is -0.879. The molecule has 2 atom stereocenters. The summed E-state index contributed by atoms with van der Waals surface area (Å²) in [6, 6.07) is -0.656. The molecule has 0 aliphatic heterocycles. The van der Waals surface area contributed by atoms with E-state index in [1.807, 2.05) is 6.08 Å². The van der Waals surface area contributed by atoms with Gasteiger partial charge in [-0.2, -0.15) is 0 Å². The lowest BCUT2D eigenvalue weighted by Gasteiger charge is -2.19. The van der Waals surface area contributed by atoms with Crippen LogP contribution in [0.5, 0.6) is 0 Å². The zero-order valence-corrected chi connectivity index (χ0v) is 27.9. The Hall–Kier alpha value is -2.17. The lowest BCUT2D eigenvalue weighted by molar-refractivity contribution is -0.123. The molecular formula is C39H67NO3. The Balaban J connectivity index is 3.79.